The summed E-state index contributed by atoms with van der Waals surface area (Å²) in [6.45, 7) is 11.3. The molecule has 2 unspecified atom stereocenters. The van der Waals surface area contributed by atoms with Crippen molar-refractivity contribution in [3.05, 3.63) is 6.42 Å². The maximum Gasteiger partial charge on any atom is -0.0386 e. The molecule has 0 aromatic carbocycles. The standard InChI is InChI=1S/C9H19/c1-6-8(4)9(5)7(2)3/h6-9H,1-5H3. The van der Waals surface area contributed by atoms with Crippen molar-refractivity contribution in [2.75, 3.05) is 0 Å². The van der Waals surface area contributed by atoms with Crippen LogP contribution in [-0.4, -0.2) is 0 Å². The van der Waals surface area contributed by atoms with Gasteiger partial charge in [-0.3, -0.25) is 0 Å². The molecule has 0 aliphatic rings. The van der Waals surface area contributed by atoms with E-state index in [0.717, 1.165) is 17.8 Å². The SMILES string of the molecule is C[CH]C(C)C(C)C(C)C. The summed E-state index contributed by atoms with van der Waals surface area (Å²) < 4.78 is 0. The highest BCUT2D eigenvalue weighted by molar-refractivity contribution is 4.73. The first-order chi connectivity index (χ1) is 4.09. The fraction of sp³-hybridized carbons (Fsp3) is 0.889. The first-order valence-electron chi connectivity index (χ1n) is 3.89. The summed E-state index contributed by atoms with van der Waals surface area (Å²) >= 11 is 0. The molecule has 0 aromatic heterocycles. The van der Waals surface area contributed by atoms with Crippen molar-refractivity contribution in [3.8, 4) is 0 Å². The average molecular weight is 127 g/mol. The lowest BCUT2D eigenvalue weighted by Crippen LogP contribution is -2.13. The molecule has 0 nitrogen and oxygen atoms in total. The zero-order valence-corrected chi connectivity index (χ0v) is 7.31. The van der Waals surface area contributed by atoms with Crippen LogP contribution in [0.15, 0.2) is 0 Å². The highest BCUT2D eigenvalue weighted by atomic mass is 14.2. The zero-order valence-electron chi connectivity index (χ0n) is 7.31. The Morgan fingerprint density at radius 1 is 1.00 bits per heavy atom. The van der Waals surface area contributed by atoms with Crippen LogP contribution < -0.4 is 0 Å². The summed E-state index contributed by atoms with van der Waals surface area (Å²) in [6, 6.07) is 0. The molecule has 0 saturated heterocycles. The minimum atomic E-state index is 0.769. The Kier molecular flexibility index (Phi) is 3.92. The van der Waals surface area contributed by atoms with Gasteiger partial charge in [0.15, 0.2) is 0 Å². The summed E-state index contributed by atoms with van der Waals surface area (Å²) in [7, 11) is 0. The Labute approximate surface area is 59.7 Å². The highest BCUT2D eigenvalue weighted by Gasteiger charge is 2.12. The Morgan fingerprint density at radius 2 is 1.44 bits per heavy atom. The summed E-state index contributed by atoms with van der Waals surface area (Å²) in [5, 5.41) is 0. The van der Waals surface area contributed by atoms with E-state index >= 15 is 0 Å². The predicted molar refractivity (Wildman–Crippen MR) is 43.1 cm³/mol. The lowest BCUT2D eigenvalue weighted by Gasteiger charge is -2.21. The van der Waals surface area contributed by atoms with E-state index in [1.54, 1.807) is 0 Å². The second-order valence-corrected chi connectivity index (χ2v) is 3.30. The van der Waals surface area contributed by atoms with E-state index in [-0.39, 0.29) is 0 Å². The molecule has 2 atom stereocenters. The van der Waals surface area contributed by atoms with Gasteiger partial charge < -0.3 is 0 Å². The molecule has 0 aromatic rings. The Bertz CT molecular complexity index is 64.4. The van der Waals surface area contributed by atoms with Crippen LogP contribution in [0.1, 0.15) is 34.6 Å². The van der Waals surface area contributed by atoms with E-state index in [1.165, 1.54) is 0 Å². The molecule has 0 bridgehead atoms. The van der Waals surface area contributed by atoms with Crippen molar-refractivity contribution in [2.24, 2.45) is 17.8 Å². The smallest absolute Gasteiger partial charge is 0.0386 e. The van der Waals surface area contributed by atoms with Crippen molar-refractivity contribution in [2.45, 2.75) is 34.6 Å². The Morgan fingerprint density at radius 3 is 1.56 bits per heavy atom. The second kappa shape index (κ2) is 3.92. The van der Waals surface area contributed by atoms with E-state index in [4.69, 9.17) is 0 Å². The third-order valence-corrected chi connectivity index (χ3v) is 2.41. The van der Waals surface area contributed by atoms with E-state index < -0.39 is 0 Å². The largest absolute Gasteiger partial charge is 0.0625 e. The monoisotopic (exact) mass is 127 g/mol. The second-order valence-electron chi connectivity index (χ2n) is 3.30. The number of hydrogen-bond acceptors (Lipinski definition) is 0. The van der Waals surface area contributed by atoms with Gasteiger partial charge in [-0.15, -0.1) is 0 Å². The van der Waals surface area contributed by atoms with Crippen molar-refractivity contribution in [1.82, 2.24) is 0 Å². The Hall–Kier alpha value is 0. The van der Waals surface area contributed by atoms with Gasteiger partial charge in [-0.25, -0.2) is 0 Å². The van der Waals surface area contributed by atoms with Gasteiger partial charge >= 0.3 is 0 Å². The van der Waals surface area contributed by atoms with E-state index in [2.05, 4.69) is 41.0 Å². The molecule has 0 rings (SSSR count). The third kappa shape index (κ3) is 2.88. The lowest BCUT2D eigenvalue weighted by molar-refractivity contribution is 0.327. The van der Waals surface area contributed by atoms with Crippen molar-refractivity contribution in [3.63, 3.8) is 0 Å². The molecule has 0 heteroatoms. The van der Waals surface area contributed by atoms with E-state index in [9.17, 15) is 0 Å². The molecule has 0 saturated carbocycles. The molecule has 55 valence electrons. The van der Waals surface area contributed by atoms with Crippen LogP contribution in [0.2, 0.25) is 0 Å². The van der Waals surface area contributed by atoms with Crippen LogP contribution >= 0.6 is 0 Å². The topological polar surface area (TPSA) is 0 Å². The number of rotatable bonds is 3. The maximum atomic E-state index is 2.31. The summed E-state index contributed by atoms with van der Waals surface area (Å²) in [6.07, 6.45) is 2.28. The minimum absolute atomic E-state index is 0.769. The molecule has 0 spiro atoms. The van der Waals surface area contributed by atoms with Crippen LogP contribution in [0.25, 0.3) is 0 Å². The average Bonchev–Trinajstić information content (AvgIpc) is 1.84. The Balaban J connectivity index is 3.58. The van der Waals surface area contributed by atoms with E-state index in [0.29, 0.717) is 0 Å². The summed E-state index contributed by atoms with van der Waals surface area (Å²) in [5.41, 5.74) is 0. The zero-order chi connectivity index (χ0) is 7.44. The quantitative estimate of drug-likeness (QED) is 0.546. The maximum absolute atomic E-state index is 2.31. The van der Waals surface area contributed by atoms with E-state index in [1.807, 2.05) is 0 Å². The summed E-state index contributed by atoms with van der Waals surface area (Å²) in [5.74, 6) is 2.41. The predicted octanol–water partition coefficient (Wildman–Crippen LogP) is 3.14. The van der Waals surface area contributed by atoms with Gasteiger partial charge in [-0.05, 0) is 24.2 Å². The van der Waals surface area contributed by atoms with Crippen LogP contribution in [-0.2, 0) is 0 Å². The van der Waals surface area contributed by atoms with Crippen molar-refractivity contribution in [1.29, 1.82) is 0 Å². The lowest BCUT2D eigenvalue weighted by atomic mass is 9.85. The first kappa shape index (κ1) is 9.00. The molecule has 0 aliphatic carbocycles. The fourth-order valence-corrected chi connectivity index (χ4v) is 0.911. The molecule has 1 radical (unpaired) electrons. The molecule has 0 amide bonds. The van der Waals surface area contributed by atoms with Gasteiger partial charge in [0.25, 0.3) is 0 Å². The van der Waals surface area contributed by atoms with Crippen LogP contribution in [0.3, 0.4) is 0 Å². The fourth-order valence-electron chi connectivity index (χ4n) is 0.911. The van der Waals surface area contributed by atoms with Gasteiger partial charge in [0, 0.05) is 0 Å². The molecular formula is C9H19. The van der Waals surface area contributed by atoms with Gasteiger partial charge in [0.1, 0.15) is 0 Å². The van der Waals surface area contributed by atoms with Gasteiger partial charge in [0.05, 0.1) is 0 Å². The van der Waals surface area contributed by atoms with Crippen molar-refractivity contribution < 1.29 is 0 Å². The van der Waals surface area contributed by atoms with Crippen molar-refractivity contribution >= 4 is 0 Å². The van der Waals surface area contributed by atoms with Gasteiger partial charge in [-0.2, -0.15) is 0 Å². The number of hydrogen-bond donors (Lipinski definition) is 0. The minimum Gasteiger partial charge on any atom is -0.0625 e. The molecule has 0 N–H and O–H groups in total. The third-order valence-electron chi connectivity index (χ3n) is 2.41. The molecular weight excluding hydrogens is 108 g/mol. The highest BCUT2D eigenvalue weighted by Crippen LogP contribution is 2.21. The van der Waals surface area contributed by atoms with Crippen LogP contribution in [0, 0.1) is 24.2 Å². The molecule has 0 fully saturated rings. The molecule has 9 heavy (non-hydrogen) atoms. The summed E-state index contributed by atoms with van der Waals surface area (Å²) in [4.78, 5) is 0. The normalized spacial score (nSPS) is 18.0. The molecule has 0 heterocycles. The molecule has 0 aliphatic heterocycles. The first-order valence-corrected chi connectivity index (χ1v) is 3.89. The van der Waals surface area contributed by atoms with Gasteiger partial charge in [-0.1, -0.05) is 34.6 Å². The van der Waals surface area contributed by atoms with Gasteiger partial charge in [0.2, 0.25) is 0 Å². The van der Waals surface area contributed by atoms with Crippen LogP contribution in [0.5, 0.6) is 0 Å². The van der Waals surface area contributed by atoms with Crippen LogP contribution in [0.4, 0.5) is 0 Å².